The van der Waals surface area contributed by atoms with Gasteiger partial charge in [0.2, 0.25) is 0 Å². The highest BCUT2D eigenvalue weighted by Gasteiger charge is 2.16. The number of rotatable bonds is 8. The Morgan fingerprint density at radius 1 is 1.15 bits per heavy atom. The van der Waals surface area contributed by atoms with Crippen LogP contribution in [0.5, 0.6) is 0 Å². The molecule has 2 rings (SSSR count). The van der Waals surface area contributed by atoms with Crippen LogP contribution in [0.4, 0.5) is 0 Å². The first-order chi connectivity index (χ1) is 12.5. The maximum Gasteiger partial charge on any atom is 0.303 e. The van der Waals surface area contributed by atoms with Gasteiger partial charge in [-0.2, -0.15) is 0 Å². The molecule has 0 aliphatic heterocycles. The molecule has 0 radical (unpaired) electrons. The molecule has 1 heterocycles. The lowest BCUT2D eigenvalue weighted by atomic mass is 10.2. The zero-order valence-electron chi connectivity index (χ0n) is 13.7. The van der Waals surface area contributed by atoms with Crippen molar-refractivity contribution in [1.29, 1.82) is 0 Å². The molecule has 0 spiro atoms. The van der Waals surface area contributed by atoms with Gasteiger partial charge in [-0.3, -0.25) is 14.4 Å². The summed E-state index contributed by atoms with van der Waals surface area (Å²) < 4.78 is 5.17. The van der Waals surface area contributed by atoms with Crippen molar-refractivity contribution in [1.82, 2.24) is 10.6 Å². The van der Waals surface area contributed by atoms with Gasteiger partial charge in [0, 0.05) is 19.0 Å². The Kier molecular flexibility index (Phi) is 6.99. The van der Waals surface area contributed by atoms with E-state index in [1.54, 1.807) is 30.3 Å². The Morgan fingerprint density at radius 2 is 1.92 bits per heavy atom. The summed E-state index contributed by atoms with van der Waals surface area (Å²) in [5.74, 6) is -1.68. The summed E-state index contributed by atoms with van der Waals surface area (Å²) in [7, 11) is 0. The van der Waals surface area contributed by atoms with Gasteiger partial charge < -0.3 is 20.2 Å². The zero-order valence-corrected chi connectivity index (χ0v) is 14.5. The number of furan rings is 1. The first-order valence-corrected chi connectivity index (χ1v) is 8.16. The highest BCUT2D eigenvalue weighted by atomic mass is 35.5. The van der Waals surface area contributed by atoms with Gasteiger partial charge >= 0.3 is 5.97 Å². The number of carboxylic acids is 1. The molecular formula is C18H17ClN2O5. The average Bonchev–Trinajstić information content (AvgIpc) is 3.11. The fourth-order valence-electron chi connectivity index (χ4n) is 2.05. The van der Waals surface area contributed by atoms with Crippen molar-refractivity contribution in [3.63, 3.8) is 0 Å². The van der Waals surface area contributed by atoms with Crippen LogP contribution in [0.25, 0.3) is 6.08 Å². The first-order valence-electron chi connectivity index (χ1n) is 7.78. The van der Waals surface area contributed by atoms with Gasteiger partial charge in [-0.05, 0) is 30.7 Å². The van der Waals surface area contributed by atoms with Crippen LogP contribution in [-0.4, -0.2) is 29.4 Å². The Labute approximate surface area is 154 Å². The van der Waals surface area contributed by atoms with Crippen LogP contribution in [0.3, 0.4) is 0 Å². The normalized spacial score (nSPS) is 11.0. The number of amides is 2. The molecule has 136 valence electrons. The Balaban J connectivity index is 2.11. The van der Waals surface area contributed by atoms with Crippen molar-refractivity contribution in [3.8, 4) is 0 Å². The monoisotopic (exact) mass is 376 g/mol. The van der Waals surface area contributed by atoms with Gasteiger partial charge in [0.1, 0.15) is 11.5 Å². The molecule has 1 aromatic heterocycles. The molecule has 0 aliphatic carbocycles. The molecule has 0 saturated carbocycles. The maximum atomic E-state index is 12.4. The molecule has 7 nitrogen and oxygen atoms in total. The first kappa shape index (κ1) is 19.3. The van der Waals surface area contributed by atoms with Crippen molar-refractivity contribution in [2.45, 2.75) is 12.8 Å². The predicted octanol–water partition coefficient (Wildman–Crippen LogP) is 2.68. The lowest BCUT2D eigenvalue weighted by Crippen LogP contribution is -2.35. The van der Waals surface area contributed by atoms with Crippen molar-refractivity contribution in [2.24, 2.45) is 0 Å². The lowest BCUT2D eigenvalue weighted by Gasteiger charge is -2.11. The number of nitrogens with one attached hydrogen (secondary N) is 2. The second kappa shape index (κ2) is 9.43. The molecule has 0 saturated heterocycles. The molecule has 0 aliphatic rings. The standard InChI is InChI=1S/C18H17ClN2O5/c19-14-7-2-1-6-13(14)17(24)21-15(11-12-5-4-10-26-12)18(25)20-9-3-8-16(22)23/h1-2,4-7,10-11H,3,8-9H2,(H,20,25)(H,21,24)(H,22,23). The number of carbonyl (C=O) groups excluding carboxylic acids is 2. The Hall–Kier alpha value is -3.06. The van der Waals surface area contributed by atoms with Crippen LogP contribution in [-0.2, 0) is 9.59 Å². The zero-order chi connectivity index (χ0) is 18.9. The molecule has 2 amide bonds. The number of aliphatic carboxylic acids is 1. The summed E-state index contributed by atoms with van der Waals surface area (Å²) in [6.07, 6.45) is 3.02. The third-order valence-electron chi connectivity index (χ3n) is 3.29. The number of carbonyl (C=O) groups is 3. The minimum absolute atomic E-state index is 0.0415. The summed E-state index contributed by atoms with van der Waals surface area (Å²) >= 11 is 6.00. The number of hydrogen-bond acceptors (Lipinski definition) is 4. The van der Waals surface area contributed by atoms with E-state index in [9.17, 15) is 14.4 Å². The third-order valence-corrected chi connectivity index (χ3v) is 3.62. The van der Waals surface area contributed by atoms with E-state index >= 15 is 0 Å². The van der Waals surface area contributed by atoms with E-state index < -0.39 is 17.8 Å². The summed E-state index contributed by atoms with van der Waals surface area (Å²) in [6, 6.07) is 9.71. The van der Waals surface area contributed by atoms with Gasteiger partial charge in [-0.1, -0.05) is 23.7 Å². The number of carboxylic acid groups (broad SMARTS) is 1. The Bertz CT molecular complexity index is 815. The van der Waals surface area contributed by atoms with Crippen molar-refractivity contribution < 1.29 is 23.9 Å². The molecule has 3 N–H and O–H groups in total. The van der Waals surface area contributed by atoms with E-state index in [1.807, 2.05) is 0 Å². The van der Waals surface area contributed by atoms with Crippen LogP contribution in [0, 0.1) is 0 Å². The summed E-state index contributed by atoms with van der Waals surface area (Å²) in [4.78, 5) is 35.3. The SMILES string of the molecule is O=C(O)CCCNC(=O)C(=Cc1ccco1)NC(=O)c1ccccc1Cl. The molecule has 0 fully saturated rings. The smallest absolute Gasteiger partial charge is 0.303 e. The second-order valence-electron chi connectivity index (χ2n) is 5.26. The van der Waals surface area contributed by atoms with Crippen molar-refractivity contribution >= 4 is 35.5 Å². The van der Waals surface area contributed by atoms with Crippen molar-refractivity contribution in [2.75, 3.05) is 6.54 Å². The van der Waals surface area contributed by atoms with Gasteiger partial charge in [0.15, 0.2) is 0 Å². The molecule has 1 aromatic carbocycles. The van der Waals surface area contributed by atoms with Gasteiger partial charge in [-0.25, -0.2) is 0 Å². The summed E-state index contributed by atoms with van der Waals surface area (Å²) in [5, 5.41) is 14.0. The molecule has 0 atom stereocenters. The van der Waals surface area contributed by atoms with Crippen LogP contribution < -0.4 is 10.6 Å². The molecule has 0 unspecified atom stereocenters. The largest absolute Gasteiger partial charge is 0.481 e. The molecule has 0 bridgehead atoms. The number of benzene rings is 1. The Morgan fingerprint density at radius 3 is 2.58 bits per heavy atom. The van der Waals surface area contributed by atoms with E-state index in [0.717, 1.165) is 0 Å². The van der Waals surface area contributed by atoms with E-state index in [2.05, 4.69) is 10.6 Å². The van der Waals surface area contributed by atoms with Gasteiger partial charge in [0.25, 0.3) is 11.8 Å². The summed E-state index contributed by atoms with van der Waals surface area (Å²) in [6.45, 7) is 0.155. The van der Waals surface area contributed by atoms with Crippen LogP contribution in [0.2, 0.25) is 5.02 Å². The van der Waals surface area contributed by atoms with E-state index in [1.165, 1.54) is 18.4 Å². The predicted molar refractivity (Wildman–Crippen MR) is 95.5 cm³/mol. The van der Waals surface area contributed by atoms with Gasteiger partial charge in [0.05, 0.1) is 16.8 Å². The van der Waals surface area contributed by atoms with E-state index in [0.29, 0.717) is 5.76 Å². The fourth-order valence-corrected chi connectivity index (χ4v) is 2.27. The average molecular weight is 377 g/mol. The molecule has 2 aromatic rings. The minimum Gasteiger partial charge on any atom is -0.481 e. The highest BCUT2D eigenvalue weighted by Crippen LogP contribution is 2.15. The topological polar surface area (TPSA) is 109 Å². The highest BCUT2D eigenvalue weighted by molar-refractivity contribution is 6.34. The van der Waals surface area contributed by atoms with Crippen LogP contribution in [0.15, 0.2) is 52.8 Å². The lowest BCUT2D eigenvalue weighted by molar-refractivity contribution is -0.137. The fraction of sp³-hybridized carbons (Fsp3) is 0.167. The number of halogens is 1. The van der Waals surface area contributed by atoms with E-state index in [-0.39, 0.29) is 35.7 Å². The minimum atomic E-state index is -0.947. The third kappa shape index (κ3) is 5.78. The van der Waals surface area contributed by atoms with Crippen LogP contribution >= 0.6 is 11.6 Å². The number of hydrogen-bond donors (Lipinski definition) is 3. The van der Waals surface area contributed by atoms with E-state index in [4.69, 9.17) is 21.1 Å². The second-order valence-corrected chi connectivity index (χ2v) is 5.67. The van der Waals surface area contributed by atoms with Crippen molar-refractivity contribution in [3.05, 3.63) is 64.7 Å². The molecule has 8 heteroatoms. The quantitative estimate of drug-likeness (QED) is 0.485. The molecular weight excluding hydrogens is 360 g/mol. The van der Waals surface area contributed by atoms with Crippen LogP contribution in [0.1, 0.15) is 29.0 Å². The maximum absolute atomic E-state index is 12.4. The summed E-state index contributed by atoms with van der Waals surface area (Å²) in [5.41, 5.74) is 0.179. The molecule has 26 heavy (non-hydrogen) atoms. The van der Waals surface area contributed by atoms with Gasteiger partial charge in [-0.15, -0.1) is 0 Å².